The Bertz CT molecular complexity index is 990. The third-order valence-electron chi connectivity index (χ3n) is 4.06. The van der Waals surface area contributed by atoms with E-state index in [1.54, 1.807) is 32.3 Å². The maximum Gasteiger partial charge on any atom is 0.318 e. The normalized spacial score (nSPS) is 12.7. The molecule has 10 nitrogen and oxygen atoms in total. The minimum Gasteiger partial charge on any atom is -0.471 e. The summed E-state index contributed by atoms with van der Waals surface area (Å²) < 4.78 is 11.5. The lowest BCUT2D eigenvalue weighted by Gasteiger charge is -2.17. The summed E-state index contributed by atoms with van der Waals surface area (Å²) in [7, 11) is 0. The lowest BCUT2D eigenvalue weighted by molar-refractivity contribution is 0.0569. The zero-order valence-corrected chi connectivity index (χ0v) is 18.6. The minimum absolute atomic E-state index is 0.106. The van der Waals surface area contributed by atoms with E-state index in [0.29, 0.717) is 22.1 Å². The first-order chi connectivity index (χ1) is 14.9. The van der Waals surface area contributed by atoms with Crippen molar-refractivity contribution in [2.24, 2.45) is 0 Å². The smallest absolute Gasteiger partial charge is 0.318 e. The fourth-order valence-corrected chi connectivity index (χ4v) is 2.58. The minimum atomic E-state index is -0.634. The van der Waals surface area contributed by atoms with Crippen LogP contribution in [0.1, 0.15) is 13.8 Å². The van der Waals surface area contributed by atoms with Gasteiger partial charge in [0.05, 0.1) is 23.4 Å². The number of halogens is 1. The molecule has 3 aromatic rings. The van der Waals surface area contributed by atoms with Gasteiger partial charge in [0, 0.05) is 17.6 Å². The molecule has 4 N–H and O–H groups in total. The van der Waals surface area contributed by atoms with Gasteiger partial charge in [-0.3, -0.25) is 0 Å². The third kappa shape index (κ3) is 6.74. The van der Waals surface area contributed by atoms with Crippen LogP contribution < -0.4 is 20.1 Å². The van der Waals surface area contributed by atoms with Crippen LogP contribution in [0.15, 0.2) is 47.2 Å². The molecule has 0 spiro atoms. The second-order valence-electron chi connectivity index (χ2n) is 6.53. The van der Waals surface area contributed by atoms with Crippen LogP contribution in [0.25, 0.3) is 0 Å². The number of nitrogens with one attached hydrogen (secondary N) is 2. The molecule has 0 fully saturated rings. The van der Waals surface area contributed by atoms with E-state index < -0.39 is 12.2 Å². The number of nitrogens with zero attached hydrogens (tertiary/aromatic N) is 4. The highest BCUT2D eigenvalue weighted by Gasteiger charge is 2.14. The van der Waals surface area contributed by atoms with Gasteiger partial charge in [0.25, 0.3) is 0 Å². The summed E-state index contributed by atoms with van der Waals surface area (Å²) in [6.07, 6.45) is 2.10. The van der Waals surface area contributed by atoms with E-state index in [-0.39, 0.29) is 19.2 Å². The lowest BCUT2D eigenvalue weighted by atomic mass is 10.2. The Morgan fingerprint density at radius 2 is 1.74 bits per heavy atom. The summed E-state index contributed by atoms with van der Waals surface area (Å²) in [5.41, 5.74) is 1.58. The van der Waals surface area contributed by atoms with Crippen LogP contribution in [-0.4, -0.2) is 55.6 Å². The van der Waals surface area contributed by atoms with Gasteiger partial charge < -0.3 is 30.3 Å². The van der Waals surface area contributed by atoms with Crippen molar-refractivity contribution < 1.29 is 19.7 Å². The van der Waals surface area contributed by atoms with E-state index in [4.69, 9.17) is 14.6 Å². The van der Waals surface area contributed by atoms with Gasteiger partial charge in [-0.2, -0.15) is 9.97 Å². The molecule has 3 rings (SSSR count). The van der Waals surface area contributed by atoms with Crippen LogP contribution in [0, 0.1) is 0 Å². The molecule has 31 heavy (non-hydrogen) atoms. The molecule has 0 aliphatic rings. The lowest BCUT2D eigenvalue weighted by Crippen LogP contribution is -2.26. The van der Waals surface area contributed by atoms with Crippen molar-refractivity contribution in [3.05, 3.63) is 47.2 Å². The van der Waals surface area contributed by atoms with E-state index in [2.05, 4.69) is 46.5 Å². The molecule has 0 saturated heterocycles. The van der Waals surface area contributed by atoms with Gasteiger partial charge in [-0.25, -0.2) is 9.97 Å². The largest absolute Gasteiger partial charge is 0.471 e. The quantitative estimate of drug-likeness (QED) is 0.335. The van der Waals surface area contributed by atoms with Crippen LogP contribution in [0.2, 0.25) is 0 Å². The summed E-state index contributed by atoms with van der Waals surface area (Å²) in [6.45, 7) is 3.44. The molecule has 2 atom stereocenters. The summed E-state index contributed by atoms with van der Waals surface area (Å²) >= 11 is 3.35. The maximum absolute atomic E-state index is 9.63. The first kappa shape index (κ1) is 22.7. The van der Waals surface area contributed by atoms with Crippen molar-refractivity contribution in [2.45, 2.75) is 26.1 Å². The first-order valence-electron chi connectivity index (χ1n) is 9.52. The van der Waals surface area contributed by atoms with Gasteiger partial charge in [-0.15, -0.1) is 0 Å². The molecule has 0 aliphatic carbocycles. The van der Waals surface area contributed by atoms with Crippen LogP contribution in [0.4, 0.5) is 23.1 Å². The van der Waals surface area contributed by atoms with Gasteiger partial charge in [-0.1, -0.05) is 0 Å². The van der Waals surface area contributed by atoms with Gasteiger partial charge in [0.1, 0.15) is 18.5 Å². The summed E-state index contributed by atoms with van der Waals surface area (Å²) in [5, 5.41) is 24.7. The number of aliphatic hydroxyl groups excluding tert-OH is 2. The molecule has 0 aliphatic heterocycles. The Hall–Kier alpha value is -3.02. The predicted molar refractivity (Wildman–Crippen MR) is 119 cm³/mol. The zero-order chi connectivity index (χ0) is 22.2. The predicted octanol–water partition coefficient (Wildman–Crippen LogP) is 3.04. The number of hydrogen-bond donors (Lipinski definition) is 4. The number of rotatable bonds is 10. The summed E-state index contributed by atoms with van der Waals surface area (Å²) in [5.74, 6) is 1.26. The highest BCUT2D eigenvalue weighted by atomic mass is 79.9. The Morgan fingerprint density at radius 1 is 1.03 bits per heavy atom. The average molecular weight is 491 g/mol. The number of hydrogen-bond acceptors (Lipinski definition) is 10. The van der Waals surface area contributed by atoms with Crippen LogP contribution >= 0.6 is 15.9 Å². The highest BCUT2D eigenvalue weighted by Crippen LogP contribution is 2.26. The van der Waals surface area contributed by atoms with E-state index in [9.17, 15) is 5.11 Å². The van der Waals surface area contributed by atoms with Crippen molar-refractivity contribution in [1.29, 1.82) is 0 Å². The van der Waals surface area contributed by atoms with Crippen molar-refractivity contribution in [1.82, 2.24) is 19.9 Å². The van der Waals surface area contributed by atoms with Gasteiger partial charge >= 0.3 is 6.01 Å². The molecule has 164 valence electrons. The number of anilines is 4. The Labute approximate surface area is 187 Å². The molecule has 11 heteroatoms. The monoisotopic (exact) mass is 490 g/mol. The molecule has 2 aromatic heterocycles. The molecule has 0 unspecified atom stereocenters. The standard InChI is InChI=1S/C20H23BrN6O4/c1-12(29)13(2)31-18-16(21)11-23-19(27-18)25-15-5-3-14(4-6-15)24-17-7-8-22-20(26-17)30-10-9-28/h3-8,11-13,28-29H,9-10H2,1-2H3,(H,22,24,26)(H,23,25,27)/t12-,13-/m1/s1. The van der Waals surface area contributed by atoms with Crippen LogP contribution in [0.5, 0.6) is 11.9 Å². The SMILES string of the molecule is C[C@@H](O)[C@@H](C)Oc1nc(Nc2ccc(Nc3ccnc(OCCO)n3)cc2)ncc1Br. The van der Waals surface area contributed by atoms with Crippen LogP contribution in [0.3, 0.4) is 0 Å². The Kier molecular flexibility index (Phi) is 7.93. The fourth-order valence-electron chi connectivity index (χ4n) is 2.30. The van der Waals surface area contributed by atoms with Crippen molar-refractivity contribution >= 4 is 39.1 Å². The van der Waals surface area contributed by atoms with Gasteiger partial charge in [-0.05, 0) is 60.1 Å². The molecular weight excluding hydrogens is 468 g/mol. The summed E-state index contributed by atoms with van der Waals surface area (Å²) in [6, 6.07) is 9.35. The molecule has 0 bridgehead atoms. The second kappa shape index (κ2) is 10.8. The Morgan fingerprint density at radius 3 is 2.42 bits per heavy atom. The number of benzene rings is 1. The van der Waals surface area contributed by atoms with Crippen molar-refractivity contribution in [3.8, 4) is 11.9 Å². The summed E-state index contributed by atoms with van der Waals surface area (Å²) in [4.78, 5) is 16.8. The highest BCUT2D eigenvalue weighted by molar-refractivity contribution is 9.10. The van der Waals surface area contributed by atoms with Crippen molar-refractivity contribution in [2.75, 3.05) is 23.8 Å². The zero-order valence-electron chi connectivity index (χ0n) is 17.0. The fraction of sp³-hybridized carbons (Fsp3) is 0.300. The molecule has 0 radical (unpaired) electrons. The molecule has 0 saturated carbocycles. The van der Waals surface area contributed by atoms with E-state index in [1.165, 1.54) is 0 Å². The van der Waals surface area contributed by atoms with E-state index in [0.717, 1.165) is 11.4 Å². The number of aromatic nitrogens is 4. The molecular formula is C20H23BrN6O4. The van der Waals surface area contributed by atoms with E-state index in [1.807, 2.05) is 24.3 Å². The Balaban J connectivity index is 1.64. The molecule has 1 aromatic carbocycles. The maximum atomic E-state index is 9.63. The van der Waals surface area contributed by atoms with E-state index >= 15 is 0 Å². The molecule has 2 heterocycles. The second-order valence-corrected chi connectivity index (χ2v) is 7.39. The number of aliphatic hydroxyl groups is 2. The van der Waals surface area contributed by atoms with Crippen LogP contribution in [-0.2, 0) is 0 Å². The first-order valence-corrected chi connectivity index (χ1v) is 10.3. The topological polar surface area (TPSA) is 135 Å². The third-order valence-corrected chi connectivity index (χ3v) is 4.60. The van der Waals surface area contributed by atoms with Gasteiger partial charge in [0.2, 0.25) is 11.8 Å². The average Bonchev–Trinajstić information content (AvgIpc) is 2.76. The molecule has 0 amide bonds. The van der Waals surface area contributed by atoms with Crippen molar-refractivity contribution in [3.63, 3.8) is 0 Å². The van der Waals surface area contributed by atoms with Gasteiger partial charge in [0.15, 0.2) is 0 Å². The number of ether oxygens (including phenoxy) is 2.